The maximum Gasteiger partial charge on any atom is 0.346 e. The molecule has 0 saturated carbocycles. The first-order valence-corrected chi connectivity index (χ1v) is 4.95. The largest absolute Gasteiger partial charge is 0.394 e. The number of ether oxygens (including phenoxy) is 1. The molecule has 1 aromatic heterocycles. The van der Waals surface area contributed by atoms with E-state index in [0.29, 0.717) is 12.2 Å². The third kappa shape index (κ3) is 2.38. The van der Waals surface area contributed by atoms with Crippen LogP contribution in [0.25, 0.3) is 0 Å². The van der Waals surface area contributed by atoms with Crippen molar-refractivity contribution in [2.45, 2.75) is 24.9 Å². The van der Waals surface area contributed by atoms with Gasteiger partial charge < -0.3 is 20.3 Å². The molecule has 0 aromatic carbocycles. The second-order valence-electron chi connectivity index (χ2n) is 3.58. The van der Waals surface area contributed by atoms with E-state index in [4.69, 9.17) is 9.84 Å². The Balaban J connectivity index is 1.99. The van der Waals surface area contributed by atoms with Crippen molar-refractivity contribution in [2.24, 2.45) is 0 Å². The van der Waals surface area contributed by atoms with Crippen LogP contribution in [-0.2, 0) is 4.74 Å². The van der Waals surface area contributed by atoms with Gasteiger partial charge in [0, 0.05) is 12.6 Å². The Kier molecular flexibility index (Phi) is 3.18. The molecular weight excluding hydrogens is 214 g/mol. The molecule has 4 N–H and O–H groups in total. The Morgan fingerprint density at radius 1 is 1.69 bits per heavy atom. The molecule has 16 heavy (non-hydrogen) atoms. The molecule has 7 heteroatoms. The molecule has 3 atom stereocenters. The summed E-state index contributed by atoms with van der Waals surface area (Å²) in [6.45, 7) is -0.230. The SMILES string of the molecule is O=c1nccc(NC2C[C@H](O)[C@@H](CO)O2)[nH]1. The summed E-state index contributed by atoms with van der Waals surface area (Å²) in [7, 11) is 0. The second-order valence-corrected chi connectivity index (χ2v) is 3.58. The highest BCUT2D eigenvalue weighted by Gasteiger charge is 2.33. The van der Waals surface area contributed by atoms with Crippen LogP contribution in [0.4, 0.5) is 5.82 Å². The van der Waals surface area contributed by atoms with Crippen molar-refractivity contribution >= 4 is 5.82 Å². The molecule has 1 saturated heterocycles. The van der Waals surface area contributed by atoms with E-state index in [9.17, 15) is 9.90 Å². The molecule has 88 valence electrons. The standard InChI is InChI=1S/C9H13N3O4/c13-4-6-5(14)3-8(16-6)11-7-1-2-10-9(15)12-7/h1-2,5-6,8,13-14H,3-4H2,(H2,10,11,12,15)/t5-,6+,8?/m0/s1. The zero-order valence-electron chi connectivity index (χ0n) is 8.46. The quantitative estimate of drug-likeness (QED) is 0.508. The molecule has 1 aromatic rings. The molecular formula is C9H13N3O4. The summed E-state index contributed by atoms with van der Waals surface area (Å²) < 4.78 is 5.31. The van der Waals surface area contributed by atoms with Gasteiger partial charge in [0.1, 0.15) is 18.1 Å². The minimum absolute atomic E-state index is 0.230. The summed E-state index contributed by atoms with van der Waals surface area (Å²) in [5.41, 5.74) is -0.456. The molecule has 0 aliphatic carbocycles. The Bertz CT molecular complexity index is 408. The van der Waals surface area contributed by atoms with Crippen LogP contribution < -0.4 is 11.0 Å². The van der Waals surface area contributed by atoms with Crippen molar-refractivity contribution in [3.63, 3.8) is 0 Å². The summed E-state index contributed by atoms with van der Waals surface area (Å²) in [5, 5.41) is 21.3. The van der Waals surface area contributed by atoms with Gasteiger partial charge in [0.2, 0.25) is 0 Å². The van der Waals surface area contributed by atoms with Crippen LogP contribution in [0.15, 0.2) is 17.1 Å². The number of H-pyrrole nitrogens is 1. The number of aromatic nitrogens is 2. The lowest BCUT2D eigenvalue weighted by Crippen LogP contribution is -2.25. The average Bonchev–Trinajstić information content (AvgIpc) is 2.58. The molecule has 1 aliphatic rings. The fourth-order valence-electron chi connectivity index (χ4n) is 1.61. The maximum atomic E-state index is 10.9. The lowest BCUT2D eigenvalue weighted by Gasteiger charge is -2.14. The number of aliphatic hydroxyl groups is 2. The number of nitrogens with zero attached hydrogens (tertiary/aromatic N) is 1. The lowest BCUT2D eigenvalue weighted by atomic mass is 10.2. The van der Waals surface area contributed by atoms with Crippen molar-refractivity contribution in [1.29, 1.82) is 0 Å². The monoisotopic (exact) mass is 227 g/mol. The van der Waals surface area contributed by atoms with E-state index in [0.717, 1.165) is 0 Å². The maximum absolute atomic E-state index is 10.9. The number of aromatic amines is 1. The van der Waals surface area contributed by atoms with E-state index >= 15 is 0 Å². The van der Waals surface area contributed by atoms with Crippen molar-refractivity contribution in [2.75, 3.05) is 11.9 Å². The summed E-state index contributed by atoms with van der Waals surface area (Å²) in [4.78, 5) is 16.9. The van der Waals surface area contributed by atoms with Gasteiger partial charge in [0.25, 0.3) is 0 Å². The number of anilines is 1. The smallest absolute Gasteiger partial charge is 0.346 e. The highest BCUT2D eigenvalue weighted by Crippen LogP contribution is 2.20. The molecule has 2 rings (SSSR count). The lowest BCUT2D eigenvalue weighted by molar-refractivity contribution is -0.0149. The molecule has 0 bridgehead atoms. The number of nitrogens with one attached hydrogen (secondary N) is 2. The third-order valence-electron chi connectivity index (χ3n) is 2.39. The minimum atomic E-state index is -0.698. The average molecular weight is 227 g/mol. The van der Waals surface area contributed by atoms with Crippen molar-refractivity contribution in [3.05, 3.63) is 22.7 Å². The zero-order chi connectivity index (χ0) is 11.5. The van der Waals surface area contributed by atoms with Gasteiger partial charge in [-0.3, -0.25) is 4.98 Å². The van der Waals surface area contributed by atoms with Crippen molar-refractivity contribution in [3.8, 4) is 0 Å². The second kappa shape index (κ2) is 4.60. The van der Waals surface area contributed by atoms with Gasteiger partial charge in [0.15, 0.2) is 0 Å². The van der Waals surface area contributed by atoms with E-state index in [1.165, 1.54) is 6.20 Å². The molecule has 0 amide bonds. The Labute approximate surface area is 91.1 Å². The molecule has 7 nitrogen and oxygen atoms in total. The first-order chi connectivity index (χ1) is 7.69. The van der Waals surface area contributed by atoms with Gasteiger partial charge in [0.05, 0.1) is 12.7 Å². The Morgan fingerprint density at radius 2 is 2.50 bits per heavy atom. The van der Waals surface area contributed by atoms with Crippen LogP contribution in [0.2, 0.25) is 0 Å². The number of hydrogen-bond donors (Lipinski definition) is 4. The van der Waals surface area contributed by atoms with Crippen LogP contribution in [0.3, 0.4) is 0 Å². The third-order valence-corrected chi connectivity index (χ3v) is 2.39. The molecule has 1 fully saturated rings. The van der Waals surface area contributed by atoms with E-state index < -0.39 is 24.1 Å². The molecule has 0 radical (unpaired) electrons. The van der Waals surface area contributed by atoms with E-state index in [1.807, 2.05) is 0 Å². The van der Waals surface area contributed by atoms with E-state index in [1.54, 1.807) is 6.07 Å². The summed E-state index contributed by atoms with van der Waals surface area (Å²) in [6.07, 6.45) is 0.0263. The first-order valence-electron chi connectivity index (χ1n) is 4.95. The van der Waals surface area contributed by atoms with Gasteiger partial charge in [-0.1, -0.05) is 0 Å². The number of rotatable bonds is 3. The van der Waals surface area contributed by atoms with Crippen molar-refractivity contribution in [1.82, 2.24) is 9.97 Å². The molecule has 1 aliphatic heterocycles. The van der Waals surface area contributed by atoms with Gasteiger partial charge in [-0.25, -0.2) is 9.78 Å². The normalized spacial score (nSPS) is 29.2. The summed E-state index contributed by atoms with van der Waals surface area (Å²) >= 11 is 0. The molecule has 1 unspecified atom stereocenters. The van der Waals surface area contributed by atoms with Crippen LogP contribution in [-0.4, -0.2) is 45.2 Å². The fraction of sp³-hybridized carbons (Fsp3) is 0.556. The van der Waals surface area contributed by atoms with E-state index in [-0.39, 0.29) is 6.61 Å². The number of aliphatic hydroxyl groups excluding tert-OH is 2. The van der Waals surface area contributed by atoms with Crippen LogP contribution in [0.1, 0.15) is 6.42 Å². The fourth-order valence-corrected chi connectivity index (χ4v) is 1.61. The predicted molar refractivity (Wildman–Crippen MR) is 54.9 cm³/mol. The minimum Gasteiger partial charge on any atom is -0.394 e. The summed E-state index contributed by atoms with van der Waals surface area (Å²) in [5.74, 6) is 0.468. The molecule has 2 heterocycles. The van der Waals surface area contributed by atoms with Gasteiger partial charge >= 0.3 is 5.69 Å². The van der Waals surface area contributed by atoms with Gasteiger partial charge in [-0.05, 0) is 6.07 Å². The van der Waals surface area contributed by atoms with Crippen molar-refractivity contribution < 1.29 is 14.9 Å². The zero-order valence-corrected chi connectivity index (χ0v) is 8.46. The van der Waals surface area contributed by atoms with Crippen LogP contribution in [0, 0.1) is 0 Å². The molecule has 0 spiro atoms. The van der Waals surface area contributed by atoms with Crippen LogP contribution in [0.5, 0.6) is 0 Å². The topological polar surface area (TPSA) is 107 Å². The predicted octanol–water partition coefficient (Wildman–Crippen LogP) is -1.35. The van der Waals surface area contributed by atoms with E-state index in [2.05, 4.69) is 15.3 Å². The Morgan fingerprint density at radius 3 is 3.12 bits per heavy atom. The number of hydrogen-bond acceptors (Lipinski definition) is 6. The van der Waals surface area contributed by atoms with Crippen LogP contribution >= 0.6 is 0 Å². The first kappa shape index (κ1) is 11.1. The summed E-state index contributed by atoms with van der Waals surface area (Å²) in [6, 6.07) is 1.59. The highest BCUT2D eigenvalue weighted by molar-refractivity contribution is 5.32. The highest BCUT2D eigenvalue weighted by atomic mass is 16.5. The Hall–Kier alpha value is -1.44. The van der Waals surface area contributed by atoms with Gasteiger partial charge in [-0.2, -0.15) is 0 Å². The van der Waals surface area contributed by atoms with Gasteiger partial charge in [-0.15, -0.1) is 0 Å².